The molecule has 0 saturated carbocycles. The minimum atomic E-state index is -4.95. The van der Waals surface area contributed by atoms with E-state index >= 15 is 0 Å². The third-order valence-electron chi connectivity index (χ3n) is 4.42. The van der Waals surface area contributed by atoms with Gasteiger partial charge < -0.3 is 19.5 Å². The average Bonchev–Trinajstić information content (AvgIpc) is 3.20. The van der Waals surface area contributed by atoms with Gasteiger partial charge in [0.1, 0.15) is 0 Å². The second kappa shape index (κ2) is 8.17. The van der Waals surface area contributed by atoms with Crippen molar-refractivity contribution >= 4 is 28.9 Å². The van der Waals surface area contributed by atoms with Gasteiger partial charge in [0.15, 0.2) is 10.9 Å². The fraction of sp³-hybridized carbons (Fsp3) is 0.333. The van der Waals surface area contributed by atoms with E-state index in [0.717, 1.165) is 0 Å². The van der Waals surface area contributed by atoms with Gasteiger partial charge in [-0.15, -0.1) is 0 Å². The lowest BCUT2D eigenvalue weighted by Crippen LogP contribution is -2.51. The lowest BCUT2D eigenvalue weighted by atomic mass is 10.1. The van der Waals surface area contributed by atoms with Gasteiger partial charge >= 0.3 is 12.4 Å². The van der Waals surface area contributed by atoms with Crippen LogP contribution in [0.3, 0.4) is 0 Å². The van der Waals surface area contributed by atoms with Crippen molar-refractivity contribution in [2.75, 3.05) is 31.5 Å². The molecule has 5 nitrogen and oxygen atoms in total. The number of amides is 1. The number of anilines is 1. The summed E-state index contributed by atoms with van der Waals surface area (Å²) < 4.78 is 82.9. The molecular formula is C18H15F6N3O2S. The maximum Gasteiger partial charge on any atom is 0.416 e. The summed E-state index contributed by atoms with van der Waals surface area (Å²) in [7, 11) is 0. The second-order valence-corrected chi connectivity index (χ2v) is 6.87. The van der Waals surface area contributed by atoms with Gasteiger partial charge in [-0.2, -0.15) is 26.3 Å². The Bertz CT molecular complexity index is 887. The Hall–Kier alpha value is -2.76. The molecule has 2 aromatic rings. The topological polar surface area (TPSA) is 48.7 Å². The fourth-order valence-corrected chi connectivity index (χ4v) is 3.20. The van der Waals surface area contributed by atoms with Crippen molar-refractivity contribution in [3.8, 4) is 0 Å². The van der Waals surface area contributed by atoms with Crippen LogP contribution in [0.1, 0.15) is 21.7 Å². The molecule has 1 amide bonds. The summed E-state index contributed by atoms with van der Waals surface area (Å²) in [6.07, 6.45) is -8.53. The predicted molar refractivity (Wildman–Crippen MR) is 98.9 cm³/mol. The Morgan fingerprint density at radius 3 is 1.93 bits per heavy atom. The molecule has 1 aliphatic heterocycles. The van der Waals surface area contributed by atoms with Gasteiger partial charge in [-0.1, -0.05) is 0 Å². The molecule has 3 rings (SSSR count). The van der Waals surface area contributed by atoms with E-state index in [0.29, 0.717) is 12.1 Å². The third-order valence-corrected chi connectivity index (χ3v) is 4.79. The van der Waals surface area contributed by atoms with Crippen molar-refractivity contribution in [2.24, 2.45) is 0 Å². The number of rotatable bonds is 2. The Morgan fingerprint density at radius 1 is 0.933 bits per heavy atom. The highest BCUT2D eigenvalue weighted by molar-refractivity contribution is 7.80. The zero-order valence-electron chi connectivity index (χ0n) is 15.2. The number of piperazine rings is 1. The van der Waals surface area contributed by atoms with Crippen LogP contribution in [0, 0.1) is 0 Å². The van der Waals surface area contributed by atoms with Crippen molar-refractivity contribution in [2.45, 2.75) is 12.4 Å². The van der Waals surface area contributed by atoms with E-state index in [2.05, 4.69) is 5.32 Å². The van der Waals surface area contributed by atoms with Crippen LogP contribution >= 0.6 is 12.2 Å². The van der Waals surface area contributed by atoms with Crippen molar-refractivity contribution in [1.82, 2.24) is 9.80 Å². The number of carbonyl (C=O) groups excluding carboxylic acids is 1. The Morgan fingerprint density at radius 2 is 1.47 bits per heavy atom. The molecule has 0 atom stereocenters. The van der Waals surface area contributed by atoms with E-state index in [-0.39, 0.29) is 49.0 Å². The van der Waals surface area contributed by atoms with Crippen LogP contribution in [0.25, 0.3) is 0 Å². The number of alkyl halides is 6. The number of benzene rings is 1. The minimum Gasteiger partial charge on any atom is -0.459 e. The first-order chi connectivity index (χ1) is 13.9. The molecule has 12 heteroatoms. The molecule has 162 valence electrons. The maximum atomic E-state index is 13.0. The van der Waals surface area contributed by atoms with Crippen LogP contribution < -0.4 is 5.32 Å². The maximum absolute atomic E-state index is 13.0. The highest BCUT2D eigenvalue weighted by Crippen LogP contribution is 2.37. The van der Waals surface area contributed by atoms with Crippen LogP contribution in [0.5, 0.6) is 0 Å². The molecule has 0 radical (unpaired) electrons. The van der Waals surface area contributed by atoms with Gasteiger partial charge in [0.05, 0.1) is 17.4 Å². The summed E-state index contributed by atoms with van der Waals surface area (Å²) in [6.45, 7) is 1.03. The fourth-order valence-electron chi connectivity index (χ4n) is 2.90. The zero-order chi connectivity index (χ0) is 22.1. The monoisotopic (exact) mass is 451 g/mol. The first-order valence-corrected chi connectivity index (χ1v) is 9.04. The number of furan rings is 1. The van der Waals surface area contributed by atoms with Crippen LogP contribution in [0.4, 0.5) is 32.0 Å². The van der Waals surface area contributed by atoms with Gasteiger partial charge in [-0.3, -0.25) is 4.79 Å². The highest BCUT2D eigenvalue weighted by Gasteiger charge is 2.37. The van der Waals surface area contributed by atoms with Gasteiger partial charge in [0.2, 0.25) is 0 Å². The van der Waals surface area contributed by atoms with Crippen molar-refractivity contribution in [3.63, 3.8) is 0 Å². The highest BCUT2D eigenvalue weighted by atomic mass is 32.1. The summed E-state index contributed by atoms with van der Waals surface area (Å²) in [5, 5.41) is 2.41. The third kappa shape index (κ3) is 5.04. The van der Waals surface area contributed by atoms with Gasteiger partial charge in [0.25, 0.3) is 5.91 Å². The van der Waals surface area contributed by atoms with Crippen LogP contribution in [0.2, 0.25) is 0 Å². The number of nitrogens with zero attached hydrogens (tertiary/aromatic N) is 2. The average molecular weight is 451 g/mol. The second-order valence-electron chi connectivity index (χ2n) is 6.48. The van der Waals surface area contributed by atoms with Crippen LogP contribution in [-0.2, 0) is 12.4 Å². The van der Waals surface area contributed by atoms with Crippen molar-refractivity contribution in [1.29, 1.82) is 0 Å². The largest absolute Gasteiger partial charge is 0.459 e. The SMILES string of the molecule is O=C(c1ccco1)N1CCN(C(=S)Nc2cc(C(F)(F)F)cc(C(F)(F)F)c2)CC1. The van der Waals surface area contributed by atoms with Gasteiger partial charge in [0, 0.05) is 31.9 Å². The molecule has 1 aromatic carbocycles. The number of halogens is 6. The summed E-state index contributed by atoms with van der Waals surface area (Å²) >= 11 is 5.14. The summed E-state index contributed by atoms with van der Waals surface area (Å²) in [5.41, 5.74) is -3.29. The number of thiocarbonyl (C=S) groups is 1. The summed E-state index contributed by atoms with van der Waals surface area (Å²) in [5.74, 6) is -0.140. The first-order valence-electron chi connectivity index (χ1n) is 8.63. The molecule has 2 heterocycles. The molecule has 1 aliphatic rings. The zero-order valence-corrected chi connectivity index (χ0v) is 16.0. The number of carbonyl (C=O) groups is 1. The van der Waals surface area contributed by atoms with E-state index in [4.69, 9.17) is 16.6 Å². The van der Waals surface area contributed by atoms with E-state index in [1.807, 2.05) is 0 Å². The van der Waals surface area contributed by atoms with E-state index in [1.165, 1.54) is 17.2 Å². The number of nitrogens with one attached hydrogen (secondary N) is 1. The molecule has 1 saturated heterocycles. The predicted octanol–water partition coefficient (Wildman–Crippen LogP) is 4.47. The molecule has 0 unspecified atom stereocenters. The Kier molecular flexibility index (Phi) is 5.97. The number of hydrogen-bond donors (Lipinski definition) is 1. The standard InChI is InChI=1S/C18H15F6N3O2S/c19-17(20,21)11-8-12(18(22,23)24)10-13(9-11)25-16(30)27-5-3-26(4-6-27)15(28)14-2-1-7-29-14/h1-2,7-10H,3-6H2,(H,25,30). The van der Waals surface area contributed by atoms with Crippen molar-refractivity contribution in [3.05, 3.63) is 53.5 Å². The molecule has 1 aromatic heterocycles. The first kappa shape index (κ1) is 21.9. The lowest BCUT2D eigenvalue weighted by Gasteiger charge is -2.35. The quantitative estimate of drug-likeness (QED) is 0.539. The van der Waals surface area contributed by atoms with E-state index < -0.39 is 29.2 Å². The van der Waals surface area contributed by atoms with Gasteiger partial charge in [-0.25, -0.2) is 0 Å². The minimum absolute atomic E-state index is 0.0347. The Balaban J connectivity index is 1.68. The van der Waals surface area contributed by atoms with Gasteiger partial charge in [-0.05, 0) is 42.5 Å². The smallest absolute Gasteiger partial charge is 0.416 e. The van der Waals surface area contributed by atoms with Crippen molar-refractivity contribution < 1.29 is 35.6 Å². The molecule has 1 fully saturated rings. The molecule has 1 N–H and O–H groups in total. The molecule has 0 aliphatic carbocycles. The summed E-state index contributed by atoms with van der Waals surface area (Å²) in [4.78, 5) is 15.3. The van der Waals surface area contributed by atoms with Crippen LogP contribution in [-0.4, -0.2) is 47.0 Å². The Labute approximate surface area is 172 Å². The van der Waals surface area contributed by atoms with E-state index in [9.17, 15) is 31.1 Å². The molecule has 0 spiro atoms. The number of hydrogen-bond acceptors (Lipinski definition) is 3. The van der Waals surface area contributed by atoms with Crippen LogP contribution in [0.15, 0.2) is 41.0 Å². The summed E-state index contributed by atoms with van der Waals surface area (Å²) in [6, 6.07) is 4.28. The lowest BCUT2D eigenvalue weighted by molar-refractivity contribution is -0.143. The molecule has 30 heavy (non-hydrogen) atoms. The van der Waals surface area contributed by atoms with E-state index in [1.54, 1.807) is 11.0 Å². The molecular weight excluding hydrogens is 436 g/mol. The normalized spacial score (nSPS) is 15.3. The molecule has 0 bridgehead atoms.